The molecule has 0 aliphatic carbocycles. The third-order valence-electron chi connectivity index (χ3n) is 1.49. The molecule has 0 fully saturated rings. The van der Waals surface area contributed by atoms with Gasteiger partial charge in [-0.25, -0.2) is 0 Å². The van der Waals surface area contributed by atoms with Crippen molar-refractivity contribution < 1.29 is 18.7 Å². The van der Waals surface area contributed by atoms with E-state index >= 15 is 0 Å². The fourth-order valence-electron chi connectivity index (χ4n) is 0.931. The molecule has 1 aromatic rings. The molecule has 14 heavy (non-hydrogen) atoms. The summed E-state index contributed by atoms with van der Waals surface area (Å²) in [4.78, 5) is 0. The molecule has 1 rings (SSSR count). The monoisotopic (exact) mass is 202 g/mol. The molecular formula is C8H8F2N2O2. The van der Waals surface area contributed by atoms with E-state index in [9.17, 15) is 8.78 Å². The lowest BCUT2D eigenvalue weighted by molar-refractivity contribution is -0.0499. The van der Waals surface area contributed by atoms with Gasteiger partial charge in [-0.1, -0.05) is 17.3 Å². The van der Waals surface area contributed by atoms with Crippen molar-refractivity contribution in [1.82, 2.24) is 0 Å². The molecular weight excluding hydrogens is 194 g/mol. The van der Waals surface area contributed by atoms with Gasteiger partial charge < -0.3 is 15.7 Å². The molecule has 0 bridgehead atoms. The number of para-hydroxylation sites is 1. The van der Waals surface area contributed by atoms with Crippen molar-refractivity contribution in [2.75, 3.05) is 0 Å². The first kappa shape index (κ1) is 10.2. The lowest BCUT2D eigenvalue weighted by Gasteiger charge is -2.08. The molecule has 0 atom stereocenters. The first-order valence-electron chi connectivity index (χ1n) is 3.67. The van der Waals surface area contributed by atoms with Gasteiger partial charge in [-0.15, -0.1) is 0 Å². The van der Waals surface area contributed by atoms with Crippen molar-refractivity contribution in [2.45, 2.75) is 6.61 Å². The highest BCUT2D eigenvalue weighted by Gasteiger charge is 2.11. The Hall–Kier alpha value is -1.85. The van der Waals surface area contributed by atoms with Crippen molar-refractivity contribution in [3.63, 3.8) is 0 Å². The minimum atomic E-state index is -2.94. The van der Waals surface area contributed by atoms with Crippen LogP contribution >= 0.6 is 0 Å². The summed E-state index contributed by atoms with van der Waals surface area (Å²) in [6.07, 6.45) is 0. The summed E-state index contributed by atoms with van der Waals surface area (Å²) in [5.41, 5.74) is 5.37. The largest absolute Gasteiger partial charge is 0.434 e. The molecule has 4 nitrogen and oxygen atoms in total. The van der Waals surface area contributed by atoms with Gasteiger partial charge in [-0.3, -0.25) is 0 Å². The molecule has 0 amide bonds. The zero-order valence-electron chi connectivity index (χ0n) is 7.02. The zero-order valence-corrected chi connectivity index (χ0v) is 7.02. The zero-order chi connectivity index (χ0) is 10.6. The van der Waals surface area contributed by atoms with E-state index in [0.717, 1.165) is 0 Å². The molecule has 3 N–H and O–H groups in total. The molecule has 6 heteroatoms. The molecule has 0 aliphatic rings. The van der Waals surface area contributed by atoms with Gasteiger partial charge in [0.2, 0.25) is 0 Å². The molecule has 0 unspecified atom stereocenters. The lowest BCUT2D eigenvalue weighted by Crippen LogP contribution is -2.15. The highest BCUT2D eigenvalue weighted by atomic mass is 19.3. The summed E-state index contributed by atoms with van der Waals surface area (Å²) < 4.78 is 28.0. The van der Waals surface area contributed by atoms with Crippen LogP contribution in [0.25, 0.3) is 0 Å². The van der Waals surface area contributed by atoms with Crippen molar-refractivity contribution in [1.29, 1.82) is 0 Å². The van der Waals surface area contributed by atoms with Gasteiger partial charge in [0, 0.05) is 0 Å². The Bertz CT molecular complexity index is 342. The van der Waals surface area contributed by atoms with Crippen LogP contribution in [0.2, 0.25) is 0 Å². The van der Waals surface area contributed by atoms with Gasteiger partial charge in [0.15, 0.2) is 5.84 Å². The number of halogens is 2. The van der Waals surface area contributed by atoms with Crippen LogP contribution in [0, 0.1) is 0 Å². The number of hydrogen-bond donors (Lipinski definition) is 2. The lowest BCUT2D eigenvalue weighted by atomic mass is 10.2. The van der Waals surface area contributed by atoms with Crippen LogP contribution in [0.3, 0.4) is 0 Å². The summed E-state index contributed by atoms with van der Waals surface area (Å²) in [5, 5.41) is 11.1. The normalized spacial score (nSPS) is 11.8. The average Bonchev–Trinajstić information content (AvgIpc) is 2.16. The van der Waals surface area contributed by atoms with E-state index in [-0.39, 0.29) is 17.1 Å². The summed E-state index contributed by atoms with van der Waals surface area (Å²) in [6.45, 7) is -2.94. The van der Waals surface area contributed by atoms with Gasteiger partial charge in [0.25, 0.3) is 0 Å². The summed E-state index contributed by atoms with van der Waals surface area (Å²) in [6, 6.07) is 5.78. The fraction of sp³-hybridized carbons (Fsp3) is 0.125. The van der Waals surface area contributed by atoms with E-state index in [2.05, 4.69) is 9.89 Å². The smallest absolute Gasteiger partial charge is 0.387 e. The molecule has 0 spiro atoms. The standard InChI is InChI=1S/C8H8F2N2O2/c9-8(10)14-6-4-2-1-3-5(6)7(11)12-13/h1-4,8,13H,(H2,11,12). The van der Waals surface area contributed by atoms with E-state index in [0.29, 0.717) is 0 Å². The van der Waals surface area contributed by atoms with E-state index < -0.39 is 6.61 Å². The number of nitrogens with two attached hydrogens (primary N) is 1. The topological polar surface area (TPSA) is 67.8 Å². The third kappa shape index (κ3) is 2.32. The van der Waals surface area contributed by atoms with Crippen molar-refractivity contribution in [3.8, 4) is 5.75 Å². The van der Waals surface area contributed by atoms with Crippen LogP contribution in [0.15, 0.2) is 29.4 Å². The Labute approximate surface area is 78.6 Å². The second-order valence-electron chi connectivity index (χ2n) is 2.36. The number of oxime groups is 1. The second-order valence-corrected chi connectivity index (χ2v) is 2.36. The molecule has 0 heterocycles. The highest BCUT2D eigenvalue weighted by molar-refractivity contribution is 5.99. The Balaban J connectivity index is 3.03. The predicted molar refractivity (Wildman–Crippen MR) is 45.6 cm³/mol. The van der Waals surface area contributed by atoms with Gasteiger partial charge in [-0.05, 0) is 12.1 Å². The van der Waals surface area contributed by atoms with E-state index in [1.165, 1.54) is 18.2 Å². The number of nitrogens with zero attached hydrogens (tertiary/aromatic N) is 1. The molecule has 0 aliphatic heterocycles. The first-order chi connectivity index (χ1) is 6.65. The third-order valence-corrected chi connectivity index (χ3v) is 1.49. The summed E-state index contributed by atoms with van der Waals surface area (Å²) in [7, 11) is 0. The molecule has 1 aromatic carbocycles. The highest BCUT2D eigenvalue weighted by Crippen LogP contribution is 2.19. The maximum atomic E-state index is 11.9. The van der Waals surface area contributed by atoms with Gasteiger partial charge in [0.05, 0.1) is 5.56 Å². The van der Waals surface area contributed by atoms with Crippen LogP contribution in [0.5, 0.6) is 5.75 Å². The first-order valence-corrected chi connectivity index (χ1v) is 3.67. The number of ether oxygens (including phenoxy) is 1. The Morgan fingerprint density at radius 3 is 2.64 bits per heavy atom. The molecule has 0 saturated heterocycles. The van der Waals surface area contributed by atoms with Crippen molar-refractivity contribution in [2.24, 2.45) is 10.9 Å². The number of alkyl halides is 2. The van der Waals surface area contributed by atoms with Crippen LogP contribution in [-0.2, 0) is 0 Å². The van der Waals surface area contributed by atoms with Crippen molar-refractivity contribution >= 4 is 5.84 Å². The molecule has 0 aromatic heterocycles. The maximum Gasteiger partial charge on any atom is 0.387 e. The van der Waals surface area contributed by atoms with E-state index in [1.54, 1.807) is 6.07 Å². The number of rotatable bonds is 3. The quantitative estimate of drug-likeness (QED) is 0.337. The number of hydrogen-bond acceptors (Lipinski definition) is 3. The van der Waals surface area contributed by atoms with E-state index in [4.69, 9.17) is 10.9 Å². The predicted octanol–water partition coefficient (Wildman–Crippen LogP) is 1.38. The van der Waals surface area contributed by atoms with Gasteiger partial charge in [0.1, 0.15) is 5.75 Å². The van der Waals surface area contributed by atoms with Crippen LogP contribution in [0.1, 0.15) is 5.56 Å². The molecule has 0 saturated carbocycles. The Kier molecular flexibility index (Phi) is 3.22. The van der Waals surface area contributed by atoms with Gasteiger partial charge >= 0.3 is 6.61 Å². The average molecular weight is 202 g/mol. The maximum absolute atomic E-state index is 11.9. The fourth-order valence-corrected chi connectivity index (χ4v) is 0.931. The molecule has 0 radical (unpaired) electrons. The summed E-state index contributed by atoms with van der Waals surface area (Å²) in [5.74, 6) is -0.404. The minimum absolute atomic E-state index is 0.121. The Morgan fingerprint density at radius 1 is 1.43 bits per heavy atom. The van der Waals surface area contributed by atoms with Crippen molar-refractivity contribution in [3.05, 3.63) is 29.8 Å². The van der Waals surface area contributed by atoms with Crippen LogP contribution < -0.4 is 10.5 Å². The second kappa shape index (κ2) is 4.40. The number of amidine groups is 1. The van der Waals surface area contributed by atoms with E-state index in [1.807, 2.05) is 0 Å². The summed E-state index contributed by atoms with van der Waals surface area (Å²) >= 11 is 0. The SMILES string of the molecule is N/C(=N/O)c1ccccc1OC(F)F. The van der Waals surface area contributed by atoms with Gasteiger partial charge in [-0.2, -0.15) is 8.78 Å². The molecule has 76 valence electrons. The Morgan fingerprint density at radius 2 is 2.07 bits per heavy atom. The van der Waals surface area contributed by atoms with Crippen LogP contribution in [-0.4, -0.2) is 17.7 Å². The minimum Gasteiger partial charge on any atom is -0.434 e. The number of benzene rings is 1. The van der Waals surface area contributed by atoms with Crippen LogP contribution in [0.4, 0.5) is 8.78 Å².